The Bertz CT molecular complexity index is 1730. The van der Waals surface area contributed by atoms with Crippen molar-refractivity contribution in [2.75, 3.05) is 58.6 Å². The number of morpholine rings is 1. The zero-order valence-electron chi connectivity index (χ0n) is 35.3. The minimum atomic E-state index is -0.714. The van der Waals surface area contributed by atoms with Gasteiger partial charge in [0.1, 0.15) is 23.9 Å². The topological polar surface area (TPSA) is 149 Å². The van der Waals surface area contributed by atoms with Crippen molar-refractivity contribution in [1.29, 1.82) is 0 Å². The number of carbonyl (C=O) groups is 4. The van der Waals surface area contributed by atoms with E-state index in [4.69, 9.17) is 23.4 Å². The predicted octanol–water partition coefficient (Wildman–Crippen LogP) is 7.12. The van der Waals surface area contributed by atoms with E-state index >= 15 is 0 Å². The first-order valence-corrected chi connectivity index (χ1v) is 21.4. The molecule has 4 fully saturated rings. The maximum atomic E-state index is 14.4. The fraction of sp³-hybridized carbons (Fsp3) is 0.727. The van der Waals surface area contributed by atoms with Crippen LogP contribution in [0.15, 0.2) is 28.7 Å². The highest BCUT2D eigenvalue weighted by molar-refractivity contribution is 6.00. The molecule has 4 aliphatic rings. The molecule has 58 heavy (non-hydrogen) atoms. The van der Waals surface area contributed by atoms with Crippen LogP contribution in [0.3, 0.4) is 0 Å². The quantitative estimate of drug-likeness (QED) is 0.158. The molecule has 2 N–H and O–H groups in total. The van der Waals surface area contributed by atoms with Crippen LogP contribution in [0.4, 0.5) is 14.9 Å². The summed E-state index contributed by atoms with van der Waals surface area (Å²) in [6, 6.07) is 5.56. The molecule has 0 unspecified atom stereocenters. The van der Waals surface area contributed by atoms with E-state index in [0.717, 1.165) is 45.2 Å². The lowest BCUT2D eigenvalue weighted by molar-refractivity contribution is -0.142. The molecule has 2 saturated carbocycles. The number of nitrogens with one attached hydrogen (secondary N) is 2. The Hall–Kier alpha value is -3.75. The highest BCUT2D eigenvalue weighted by atomic mass is 19.1. The first kappa shape index (κ1) is 43.8. The number of ether oxygens (including phenoxy) is 4. The van der Waals surface area contributed by atoms with Gasteiger partial charge >= 0.3 is 12.1 Å². The number of hydrogen-bond acceptors (Lipinski definition) is 10. The molecule has 2 saturated heterocycles. The van der Waals surface area contributed by atoms with E-state index < -0.39 is 36.4 Å². The van der Waals surface area contributed by atoms with Crippen LogP contribution in [-0.4, -0.2) is 116 Å². The summed E-state index contributed by atoms with van der Waals surface area (Å²) >= 11 is 0. The van der Waals surface area contributed by atoms with Crippen molar-refractivity contribution in [3.05, 3.63) is 30.0 Å². The van der Waals surface area contributed by atoms with Crippen LogP contribution >= 0.6 is 0 Å². The molecule has 1 aromatic carbocycles. The standard InChI is InChI=1S/C44H65FN4O9/c1-43(2,3)58-42(53)47-35(26-45)29-8-10-30(11-9-29)40(51)49-20-18-34(28-12-15-33(54-6)16-13-28)38(49)39(50)46-32-14-17-36-31(24-32)25-37(57-36)41(52)56-22-7-19-48-21-23-55-27-44(48,4)5/h14,17,24-25,28-30,33-35,38H,7-13,15-16,18-23,26-27H2,1-6H3,(H,46,50)(H,47,53)/t28?,29-,30-,33?,34-,35+,38-/m0/s1. The van der Waals surface area contributed by atoms with Gasteiger partial charge in [-0.2, -0.15) is 0 Å². The van der Waals surface area contributed by atoms with Gasteiger partial charge in [-0.15, -0.1) is 0 Å². The number of amides is 3. The van der Waals surface area contributed by atoms with Gasteiger partial charge in [0, 0.05) is 49.3 Å². The zero-order chi connectivity index (χ0) is 41.6. The van der Waals surface area contributed by atoms with E-state index in [1.54, 1.807) is 57.0 Å². The molecule has 2 aliphatic heterocycles. The molecule has 14 heteroatoms. The number of rotatable bonds is 13. The largest absolute Gasteiger partial charge is 0.460 e. The number of anilines is 1. The van der Waals surface area contributed by atoms with Crippen molar-refractivity contribution in [1.82, 2.24) is 15.1 Å². The van der Waals surface area contributed by atoms with Gasteiger partial charge in [0.2, 0.25) is 17.6 Å². The van der Waals surface area contributed by atoms with E-state index in [2.05, 4.69) is 29.4 Å². The molecule has 2 aromatic rings. The van der Waals surface area contributed by atoms with Crippen LogP contribution in [0.25, 0.3) is 11.0 Å². The van der Waals surface area contributed by atoms with Gasteiger partial charge in [0.25, 0.3) is 0 Å². The van der Waals surface area contributed by atoms with Crippen LogP contribution in [0.1, 0.15) is 109 Å². The summed E-state index contributed by atoms with van der Waals surface area (Å²) in [5.41, 5.74) is 0.290. The van der Waals surface area contributed by atoms with E-state index in [1.807, 2.05) is 0 Å². The smallest absolute Gasteiger partial charge is 0.407 e. The predicted molar refractivity (Wildman–Crippen MR) is 217 cm³/mol. The first-order valence-electron chi connectivity index (χ1n) is 21.4. The van der Waals surface area contributed by atoms with Gasteiger partial charge in [0.05, 0.1) is 32.0 Å². The van der Waals surface area contributed by atoms with Crippen LogP contribution in [-0.2, 0) is 28.5 Å². The van der Waals surface area contributed by atoms with E-state index in [1.165, 1.54) is 0 Å². The molecule has 2 aliphatic carbocycles. The SMILES string of the molecule is COC1CCC([C@@H]2CCN(C(=O)[C@H]3CC[C@H]([C@@H](CF)NC(=O)OC(C)(C)C)CC3)[C@@H]2C(=O)Nc2ccc3oc(C(=O)OCCCN4CCOCC4(C)C)cc3c2)CC1. The summed E-state index contributed by atoms with van der Waals surface area (Å²) in [6.45, 7) is 12.6. The van der Waals surface area contributed by atoms with E-state index in [0.29, 0.717) is 68.5 Å². The number of esters is 1. The second-order valence-electron chi connectivity index (χ2n) is 18.4. The summed E-state index contributed by atoms with van der Waals surface area (Å²) in [6.07, 6.45) is 6.98. The second kappa shape index (κ2) is 19.1. The van der Waals surface area contributed by atoms with Crippen LogP contribution < -0.4 is 10.6 Å². The Labute approximate surface area is 342 Å². The molecule has 3 heterocycles. The number of likely N-dealkylation sites (tertiary alicyclic amines) is 1. The van der Waals surface area contributed by atoms with Gasteiger partial charge < -0.3 is 38.9 Å². The second-order valence-corrected chi connectivity index (χ2v) is 18.4. The van der Waals surface area contributed by atoms with Crippen molar-refractivity contribution in [3.8, 4) is 0 Å². The van der Waals surface area contributed by atoms with Crippen molar-refractivity contribution in [2.45, 2.75) is 128 Å². The summed E-state index contributed by atoms with van der Waals surface area (Å²) in [5.74, 6) is -0.834. The van der Waals surface area contributed by atoms with Crippen molar-refractivity contribution in [2.24, 2.45) is 23.7 Å². The molecule has 1 aromatic heterocycles. The Morgan fingerprint density at radius 1 is 0.983 bits per heavy atom. The van der Waals surface area contributed by atoms with Crippen LogP contribution in [0.5, 0.6) is 0 Å². The summed E-state index contributed by atoms with van der Waals surface area (Å²) < 4.78 is 42.1. The van der Waals surface area contributed by atoms with Crippen molar-refractivity contribution < 1.29 is 46.9 Å². The summed E-state index contributed by atoms with van der Waals surface area (Å²) in [5, 5.41) is 6.46. The maximum absolute atomic E-state index is 14.4. The van der Waals surface area contributed by atoms with Gasteiger partial charge in [-0.1, -0.05) is 0 Å². The normalized spacial score (nSPS) is 27.2. The van der Waals surface area contributed by atoms with Gasteiger partial charge in [-0.3, -0.25) is 14.5 Å². The molecule has 6 rings (SSSR count). The minimum Gasteiger partial charge on any atom is -0.460 e. The number of alkyl carbamates (subject to hydrolysis) is 1. The third-order valence-corrected chi connectivity index (χ3v) is 12.8. The van der Waals surface area contributed by atoms with Crippen LogP contribution in [0, 0.1) is 23.7 Å². The maximum Gasteiger partial charge on any atom is 0.407 e. The molecule has 322 valence electrons. The average molecular weight is 813 g/mol. The van der Waals surface area contributed by atoms with Gasteiger partial charge in [0.15, 0.2) is 0 Å². The number of methoxy groups -OCH3 is 1. The highest BCUT2D eigenvalue weighted by Gasteiger charge is 2.47. The molecular weight excluding hydrogens is 748 g/mol. The zero-order valence-corrected chi connectivity index (χ0v) is 35.3. The van der Waals surface area contributed by atoms with Crippen LogP contribution in [0.2, 0.25) is 0 Å². The highest BCUT2D eigenvalue weighted by Crippen LogP contribution is 2.42. The number of furan rings is 1. The molecular formula is C44H65FN4O9. The number of nitrogens with zero attached hydrogens (tertiary/aromatic N) is 2. The fourth-order valence-corrected chi connectivity index (χ4v) is 9.62. The molecule has 0 spiro atoms. The monoisotopic (exact) mass is 812 g/mol. The number of hydrogen-bond donors (Lipinski definition) is 2. The summed E-state index contributed by atoms with van der Waals surface area (Å²) in [7, 11) is 1.74. The molecule has 3 amide bonds. The van der Waals surface area contributed by atoms with Crippen molar-refractivity contribution in [3.63, 3.8) is 0 Å². The third kappa shape index (κ3) is 10.9. The lowest BCUT2D eigenvalue weighted by atomic mass is 9.75. The van der Waals surface area contributed by atoms with Crippen molar-refractivity contribution >= 4 is 40.5 Å². The molecule has 3 atom stereocenters. The van der Waals surface area contributed by atoms with E-state index in [9.17, 15) is 23.6 Å². The lowest BCUT2D eigenvalue weighted by Crippen LogP contribution is -2.53. The lowest BCUT2D eigenvalue weighted by Gasteiger charge is -2.42. The Balaban J connectivity index is 1.09. The number of halogens is 1. The number of fused-ring (bicyclic) bond motifs is 1. The Kier molecular flexibility index (Phi) is 14.4. The number of carbonyl (C=O) groups excluding carboxylic acids is 4. The Morgan fingerprint density at radius 2 is 1.72 bits per heavy atom. The molecule has 13 nitrogen and oxygen atoms in total. The molecule has 0 radical (unpaired) electrons. The van der Waals surface area contributed by atoms with Gasteiger partial charge in [-0.25, -0.2) is 14.0 Å². The molecule has 0 bridgehead atoms. The van der Waals surface area contributed by atoms with E-state index in [-0.39, 0.29) is 59.5 Å². The third-order valence-electron chi connectivity index (χ3n) is 12.8. The Morgan fingerprint density at radius 3 is 2.40 bits per heavy atom. The number of alkyl halides is 1. The summed E-state index contributed by atoms with van der Waals surface area (Å²) in [4.78, 5) is 58.2. The van der Waals surface area contributed by atoms with Gasteiger partial charge in [-0.05, 0) is 141 Å². The number of benzene rings is 1. The average Bonchev–Trinajstić information content (AvgIpc) is 3.83. The minimum absolute atomic E-state index is 0.000361. The first-order chi connectivity index (χ1) is 27.7. The fourth-order valence-electron chi connectivity index (χ4n) is 9.62.